The molecule has 2 N–H and O–H groups in total. The predicted octanol–water partition coefficient (Wildman–Crippen LogP) is 1.71. The van der Waals surface area contributed by atoms with Crippen LogP contribution in [0.5, 0.6) is 0 Å². The lowest BCUT2D eigenvalue weighted by molar-refractivity contribution is 0.829. The summed E-state index contributed by atoms with van der Waals surface area (Å²) in [6, 6.07) is 6.59. The van der Waals surface area contributed by atoms with E-state index >= 15 is 0 Å². The molecule has 3 heteroatoms. The van der Waals surface area contributed by atoms with Crippen LogP contribution >= 0.6 is 0 Å². The van der Waals surface area contributed by atoms with Gasteiger partial charge < -0.3 is 15.5 Å². The number of nitrogens with two attached hydrogens (primary N) is 1. The summed E-state index contributed by atoms with van der Waals surface area (Å²) in [6.07, 6.45) is 2.09. The van der Waals surface area contributed by atoms with Crippen molar-refractivity contribution >= 4 is 11.4 Å². The highest BCUT2D eigenvalue weighted by atomic mass is 15.1. The van der Waals surface area contributed by atoms with Crippen molar-refractivity contribution < 1.29 is 0 Å². The molecule has 0 saturated carbocycles. The Kier molecular flexibility index (Phi) is 4.62. The number of hydrogen-bond acceptors (Lipinski definition) is 3. The Morgan fingerprint density at radius 3 is 2.25 bits per heavy atom. The number of rotatable bonds is 5. The number of benzene rings is 1. The van der Waals surface area contributed by atoms with E-state index in [-0.39, 0.29) is 0 Å². The van der Waals surface area contributed by atoms with Crippen LogP contribution in [-0.4, -0.2) is 34.7 Å². The van der Waals surface area contributed by atoms with Crippen molar-refractivity contribution in [2.75, 3.05) is 44.5 Å². The molecule has 0 radical (unpaired) electrons. The van der Waals surface area contributed by atoms with E-state index in [0.717, 1.165) is 19.4 Å². The molecule has 0 heterocycles. The summed E-state index contributed by atoms with van der Waals surface area (Å²) >= 11 is 0. The highest BCUT2D eigenvalue weighted by Crippen LogP contribution is 2.25. The molecule has 0 fully saturated rings. The van der Waals surface area contributed by atoms with E-state index < -0.39 is 0 Å². The quantitative estimate of drug-likeness (QED) is 0.821. The fraction of sp³-hybridized carbons (Fsp3) is 0.538. The minimum atomic E-state index is 0.749. The van der Waals surface area contributed by atoms with Crippen LogP contribution in [0, 0.1) is 0 Å². The zero-order chi connectivity index (χ0) is 12.1. The molecule has 0 atom stereocenters. The summed E-state index contributed by atoms with van der Waals surface area (Å²) in [6.45, 7) is 0.749. The van der Waals surface area contributed by atoms with E-state index in [1.807, 2.05) is 0 Å². The second kappa shape index (κ2) is 5.75. The summed E-state index contributed by atoms with van der Waals surface area (Å²) < 4.78 is 0. The van der Waals surface area contributed by atoms with Gasteiger partial charge in [0.05, 0.1) is 0 Å². The van der Waals surface area contributed by atoms with E-state index in [1.165, 1.54) is 16.9 Å². The monoisotopic (exact) mass is 221 g/mol. The molecule has 90 valence electrons. The van der Waals surface area contributed by atoms with Gasteiger partial charge in [0.15, 0.2) is 0 Å². The maximum Gasteiger partial charge on any atom is 0.0395 e. The molecule has 0 bridgehead atoms. The zero-order valence-corrected chi connectivity index (χ0v) is 10.8. The van der Waals surface area contributed by atoms with E-state index in [0.29, 0.717) is 0 Å². The Balaban J connectivity index is 3.01. The minimum Gasteiger partial charge on any atom is -0.378 e. The van der Waals surface area contributed by atoms with Gasteiger partial charge in [0.1, 0.15) is 0 Å². The topological polar surface area (TPSA) is 32.5 Å². The van der Waals surface area contributed by atoms with Gasteiger partial charge in [-0.3, -0.25) is 0 Å². The second-order valence-electron chi connectivity index (χ2n) is 4.49. The first kappa shape index (κ1) is 12.8. The van der Waals surface area contributed by atoms with Crippen LogP contribution in [0.2, 0.25) is 0 Å². The zero-order valence-electron chi connectivity index (χ0n) is 10.8. The van der Waals surface area contributed by atoms with Crippen molar-refractivity contribution in [2.45, 2.75) is 12.8 Å². The standard InChI is InChI=1S/C13H23N3/c1-15(2)12-7-8-13(16(3)4)11(10-12)6-5-9-14/h7-8,10H,5-6,9,14H2,1-4H3. The van der Waals surface area contributed by atoms with E-state index in [1.54, 1.807) is 0 Å². The molecular formula is C13H23N3. The third-order valence-electron chi connectivity index (χ3n) is 2.71. The molecule has 16 heavy (non-hydrogen) atoms. The Bertz CT molecular complexity index is 332. The predicted molar refractivity (Wildman–Crippen MR) is 72.5 cm³/mol. The molecule has 0 aliphatic carbocycles. The van der Waals surface area contributed by atoms with Gasteiger partial charge in [-0.25, -0.2) is 0 Å². The van der Waals surface area contributed by atoms with Crippen molar-refractivity contribution in [1.82, 2.24) is 0 Å². The molecule has 3 nitrogen and oxygen atoms in total. The Labute approximate surface area is 98.8 Å². The SMILES string of the molecule is CN(C)c1ccc(N(C)C)c(CCCN)c1. The first-order valence-corrected chi connectivity index (χ1v) is 5.74. The minimum absolute atomic E-state index is 0.749. The smallest absolute Gasteiger partial charge is 0.0395 e. The maximum atomic E-state index is 5.58. The van der Waals surface area contributed by atoms with E-state index in [9.17, 15) is 0 Å². The fourth-order valence-electron chi connectivity index (χ4n) is 1.78. The van der Waals surface area contributed by atoms with Gasteiger partial charge in [0, 0.05) is 39.6 Å². The van der Waals surface area contributed by atoms with Crippen molar-refractivity contribution in [1.29, 1.82) is 0 Å². The van der Waals surface area contributed by atoms with Crippen LogP contribution in [0.1, 0.15) is 12.0 Å². The van der Waals surface area contributed by atoms with Crippen LogP contribution in [0.3, 0.4) is 0 Å². The van der Waals surface area contributed by atoms with Crippen molar-refractivity contribution in [3.63, 3.8) is 0 Å². The molecule has 1 aromatic rings. The van der Waals surface area contributed by atoms with Gasteiger partial charge in [0.2, 0.25) is 0 Å². The van der Waals surface area contributed by atoms with Gasteiger partial charge in [0.25, 0.3) is 0 Å². The van der Waals surface area contributed by atoms with Crippen LogP contribution in [-0.2, 0) is 6.42 Å². The molecule has 0 unspecified atom stereocenters. The lowest BCUT2D eigenvalue weighted by Crippen LogP contribution is -2.14. The number of hydrogen-bond donors (Lipinski definition) is 1. The molecule has 0 spiro atoms. The van der Waals surface area contributed by atoms with Crippen molar-refractivity contribution in [3.8, 4) is 0 Å². The summed E-state index contributed by atoms with van der Waals surface area (Å²) in [7, 11) is 8.29. The maximum absolute atomic E-state index is 5.58. The van der Waals surface area contributed by atoms with E-state index in [2.05, 4.69) is 56.2 Å². The summed E-state index contributed by atoms with van der Waals surface area (Å²) in [5.41, 5.74) is 9.49. The van der Waals surface area contributed by atoms with Crippen LogP contribution in [0.15, 0.2) is 18.2 Å². The average molecular weight is 221 g/mol. The molecule has 0 aliphatic rings. The second-order valence-corrected chi connectivity index (χ2v) is 4.49. The Morgan fingerprint density at radius 2 is 1.75 bits per heavy atom. The largest absolute Gasteiger partial charge is 0.378 e. The third kappa shape index (κ3) is 3.14. The number of anilines is 2. The molecule has 1 rings (SSSR count). The van der Waals surface area contributed by atoms with Crippen LogP contribution in [0.4, 0.5) is 11.4 Å². The molecule has 0 aromatic heterocycles. The molecular weight excluding hydrogens is 198 g/mol. The lowest BCUT2D eigenvalue weighted by atomic mass is 10.1. The van der Waals surface area contributed by atoms with Gasteiger partial charge >= 0.3 is 0 Å². The van der Waals surface area contributed by atoms with E-state index in [4.69, 9.17) is 5.73 Å². The fourth-order valence-corrected chi connectivity index (χ4v) is 1.78. The van der Waals surface area contributed by atoms with Crippen LogP contribution in [0.25, 0.3) is 0 Å². The van der Waals surface area contributed by atoms with Gasteiger partial charge in [-0.2, -0.15) is 0 Å². The highest BCUT2D eigenvalue weighted by molar-refractivity contribution is 5.61. The third-order valence-corrected chi connectivity index (χ3v) is 2.71. The van der Waals surface area contributed by atoms with Gasteiger partial charge in [-0.05, 0) is 43.1 Å². The normalized spacial score (nSPS) is 10.3. The number of nitrogens with zero attached hydrogens (tertiary/aromatic N) is 2. The molecule has 0 aliphatic heterocycles. The average Bonchev–Trinajstić information content (AvgIpc) is 2.25. The Hall–Kier alpha value is -1.22. The first-order chi connectivity index (χ1) is 7.56. The number of aryl methyl sites for hydroxylation is 1. The van der Waals surface area contributed by atoms with Crippen LogP contribution < -0.4 is 15.5 Å². The van der Waals surface area contributed by atoms with Crippen molar-refractivity contribution in [3.05, 3.63) is 23.8 Å². The summed E-state index contributed by atoms with van der Waals surface area (Å²) in [4.78, 5) is 4.29. The first-order valence-electron chi connectivity index (χ1n) is 5.74. The summed E-state index contributed by atoms with van der Waals surface area (Å²) in [5.74, 6) is 0. The molecule has 0 saturated heterocycles. The van der Waals surface area contributed by atoms with Gasteiger partial charge in [-0.15, -0.1) is 0 Å². The lowest BCUT2D eigenvalue weighted by Gasteiger charge is -2.21. The van der Waals surface area contributed by atoms with Crippen molar-refractivity contribution in [2.24, 2.45) is 5.73 Å². The Morgan fingerprint density at radius 1 is 1.06 bits per heavy atom. The van der Waals surface area contributed by atoms with Gasteiger partial charge in [-0.1, -0.05) is 0 Å². The molecule has 0 amide bonds. The highest BCUT2D eigenvalue weighted by Gasteiger charge is 2.06. The summed E-state index contributed by atoms with van der Waals surface area (Å²) in [5, 5.41) is 0. The molecule has 1 aromatic carbocycles.